The van der Waals surface area contributed by atoms with Gasteiger partial charge >= 0.3 is 0 Å². The Morgan fingerprint density at radius 1 is 1.47 bits per heavy atom. The van der Waals surface area contributed by atoms with Gasteiger partial charge in [-0.25, -0.2) is 4.98 Å². The Bertz CT molecular complexity index is 316. The van der Waals surface area contributed by atoms with Gasteiger partial charge in [-0.1, -0.05) is 12.8 Å². The SMILES string of the molecule is CC(C)Nc1cc(CCC2CC2)ccn1. The lowest BCUT2D eigenvalue weighted by Gasteiger charge is -2.09. The smallest absolute Gasteiger partial charge is 0.126 e. The Hall–Kier alpha value is -1.05. The highest BCUT2D eigenvalue weighted by atomic mass is 15.0. The van der Waals surface area contributed by atoms with Crippen molar-refractivity contribution in [2.75, 3.05) is 5.32 Å². The number of pyridine rings is 1. The number of hydrogen-bond donors (Lipinski definition) is 1. The average Bonchev–Trinajstić information content (AvgIpc) is 2.97. The summed E-state index contributed by atoms with van der Waals surface area (Å²) in [6.45, 7) is 4.27. The Morgan fingerprint density at radius 2 is 2.27 bits per heavy atom. The summed E-state index contributed by atoms with van der Waals surface area (Å²) >= 11 is 0. The summed E-state index contributed by atoms with van der Waals surface area (Å²) in [7, 11) is 0. The lowest BCUT2D eigenvalue weighted by Crippen LogP contribution is -2.11. The monoisotopic (exact) mass is 204 g/mol. The number of hydrogen-bond acceptors (Lipinski definition) is 2. The number of aryl methyl sites for hydroxylation is 1. The van der Waals surface area contributed by atoms with Gasteiger partial charge in [-0.05, 0) is 50.3 Å². The predicted octanol–water partition coefficient (Wildman–Crippen LogP) is 3.24. The topological polar surface area (TPSA) is 24.9 Å². The molecular formula is C13H20N2. The molecule has 1 aromatic heterocycles. The molecule has 0 spiro atoms. The molecule has 1 aliphatic carbocycles. The quantitative estimate of drug-likeness (QED) is 0.796. The van der Waals surface area contributed by atoms with Crippen LogP contribution in [-0.2, 0) is 6.42 Å². The van der Waals surface area contributed by atoms with Gasteiger partial charge in [0.05, 0.1) is 0 Å². The van der Waals surface area contributed by atoms with Gasteiger partial charge in [-0.15, -0.1) is 0 Å². The van der Waals surface area contributed by atoms with Crippen molar-refractivity contribution in [3.63, 3.8) is 0 Å². The van der Waals surface area contributed by atoms with Crippen LogP contribution in [0.4, 0.5) is 5.82 Å². The number of nitrogens with one attached hydrogen (secondary N) is 1. The van der Waals surface area contributed by atoms with E-state index in [2.05, 4.69) is 36.3 Å². The van der Waals surface area contributed by atoms with E-state index in [1.54, 1.807) is 0 Å². The highest BCUT2D eigenvalue weighted by Gasteiger charge is 2.20. The van der Waals surface area contributed by atoms with Gasteiger partial charge in [-0.2, -0.15) is 0 Å². The summed E-state index contributed by atoms with van der Waals surface area (Å²) in [5.74, 6) is 2.03. The maximum atomic E-state index is 4.31. The van der Waals surface area contributed by atoms with Gasteiger partial charge in [0.2, 0.25) is 0 Å². The highest BCUT2D eigenvalue weighted by molar-refractivity contribution is 5.38. The average molecular weight is 204 g/mol. The zero-order valence-electron chi connectivity index (χ0n) is 9.66. The van der Waals surface area contributed by atoms with Crippen molar-refractivity contribution in [3.8, 4) is 0 Å². The zero-order valence-corrected chi connectivity index (χ0v) is 9.66. The van der Waals surface area contributed by atoms with Crippen molar-refractivity contribution in [2.45, 2.75) is 45.6 Å². The number of anilines is 1. The third-order valence-electron chi connectivity index (χ3n) is 2.80. The molecule has 1 fully saturated rings. The molecule has 1 aliphatic rings. The largest absolute Gasteiger partial charge is 0.368 e. The van der Waals surface area contributed by atoms with Gasteiger partial charge in [-0.3, -0.25) is 0 Å². The normalized spacial score (nSPS) is 15.7. The molecule has 1 aromatic rings. The van der Waals surface area contributed by atoms with Gasteiger partial charge in [0.25, 0.3) is 0 Å². The maximum absolute atomic E-state index is 4.31. The third kappa shape index (κ3) is 3.54. The van der Waals surface area contributed by atoms with E-state index in [0.717, 1.165) is 11.7 Å². The molecule has 0 amide bonds. The molecular weight excluding hydrogens is 184 g/mol. The second-order valence-corrected chi connectivity index (χ2v) is 4.83. The van der Waals surface area contributed by atoms with Crippen molar-refractivity contribution >= 4 is 5.82 Å². The molecule has 1 heterocycles. The van der Waals surface area contributed by atoms with Crippen LogP contribution < -0.4 is 5.32 Å². The molecule has 2 rings (SSSR count). The van der Waals surface area contributed by atoms with Crippen molar-refractivity contribution < 1.29 is 0 Å². The second-order valence-electron chi connectivity index (χ2n) is 4.83. The van der Waals surface area contributed by atoms with E-state index in [9.17, 15) is 0 Å². The van der Waals surface area contributed by atoms with Crippen LogP contribution in [0.1, 0.15) is 38.7 Å². The molecule has 1 N–H and O–H groups in total. The Balaban J connectivity index is 1.91. The fraction of sp³-hybridized carbons (Fsp3) is 0.615. The fourth-order valence-corrected chi connectivity index (χ4v) is 1.78. The minimum atomic E-state index is 0.455. The summed E-state index contributed by atoms with van der Waals surface area (Å²) in [4.78, 5) is 4.31. The molecule has 0 radical (unpaired) electrons. The zero-order chi connectivity index (χ0) is 10.7. The van der Waals surface area contributed by atoms with E-state index < -0.39 is 0 Å². The van der Waals surface area contributed by atoms with Crippen molar-refractivity contribution in [3.05, 3.63) is 23.9 Å². The summed E-state index contributed by atoms with van der Waals surface area (Å²) < 4.78 is 0. The van der Waals surface area contributed by atoms with Crippen LogP contribution in [0.3, 0.4) is 0 Å². The summed E-state index contributed by atoms with van der Waals surface area (Å²) in [6.07, 6.45) is 7.36. The molecule has 0 aliphatic heterocycles. The third-order valence-corrected chi connectivity index (χ3v) is 2.80. The summed E-state index contributed by atoms with van der Waals surface area (Å²) in [6, 6.07) is 4.77. The van der Waals surface area contributed by atoms with Crippen LogP contribution in [0.5, 0.6) is 0 Å². The summed E-state index contributed by atoms with van der Waals surface area (Å²) in [5, 5.41) is 3.34. The van der Waals surface area contributed by atoms with Crippen LogP contribution in [-0.4, -0.2) is 11.0 Å². The molecule has 15 heavy (non-hydrogen) atoms. The molecule has 2 heteroatoms. The van der Waals surface area contributed by atoms with Crippen LogP contribution >= 0.6 is 0 Å². The first-order valence-electron chi connectivity index (χ1n) is 5.95. The maximum Gasteiger partial charge on any atom is 0.126 e. The molecule has 0 unspecified atom stereocenters. The van der Waals surface area contributed by atoms with Gasteiger partial charge in [0, 0.05) is 12.2 Å². The Labute approximate surface area is 92.1 Å². The van der Waals surface area contributed by atoms with E-state index in [1.165, 1.54) is 31.2 Å². The van der Waals surface area contributed by atoms with Gasteiger partial charge in [0.15, 0.2) is 0 Å². The van der Waals surface area contributed by atoms with E-state index in [0.29, 0.717) is 6.04 Å². The first-order valence-corrected chi connectivity index (χ1v) is 5.95. The van der Waals surface area contributed by atoms with Crippen LogP contribution in [0, 0.1) is 5.92 Å². The second kappa shape index (κ2) is 4.65. The standard InChI is InChI=1S/C13H20N2/c1-10(2)15-13-9-12(7-8-14-13)6-5-11-3-4-11/h7-11H,3-6H2,1-2H3,(H,14,15). The minimum Gasteiger partial charge on any atom is -0.368 e. The molecule has 0 bridgehead atoms. The Morgan fingerprint density at radius 3 is 2.93 bits per heavy atom. The minimum absolute atomic E-state index is 0.455. The fourth-order valence-electron chi connectivity index (χ4n) is 1.78. The van der Waals surface area contributed by atoms with Crippen molar-refractivity contribution in [1.29, 1.82) is 0 Å². The van der Waals surface area contributed by atoms with Crippen LogP contribution in [0.2, 0.25) is 0 Å². The number of rotatable bonds is 5. The van der Waals surface area contributed by atoms with Crippen molar-refractivity contribution in [1.82, 2.24) is 4.98 Å². The van der Waals surface area contributed by atoms with Crippen molar-refractivity contribution in [2.24, 2.45) is 5.92 Å². The van der Waals surface area contributed by atoms with E-state index in [-0.39, 0.29) is 0 Å². The van der Waals surface area contributed by atoms with Crippen LogP contribution in [0.25, 0.3) is 0 Å². The van der Waals surface area contributed by atoms with E-state index in [4.69, 9.17) is 0 Å². The molecule has 0 aromatic carbocycles. The van der Waals surface area contributed by atoms with Gasteiger partial charge < -0.3 is 5.32 Å². The van der Waals surface area contributed by atoms with Gasteiger partial charge in [0.1, 0.15) is 5.82 Å². The lowest BCUT2D eigenvalue weighted by molar-refractivity contribution is 0.726. The molecule has 0 atom stereocenters. The summed E-state index contributed by atoms with van der Waals surface area (Å²) in [5.41, 5.74) is 1.42. The molecule has 0 saturated heterocycles. The number of aromatic nitrogens is 1. The Kier molecular flexibility index (Phi) is 3.24. The first-order chi connectivity index (χ1) is 7.24. The molecule has 82 valence electrons. The molecule has 1 saturated carbocycles. The van der Waals surface area contributed by atoms with E-state index in [1.807, 2.05) is 6.20 Å². The lowest BCUT2D eigenvalue weighted by atomic mass is 10.1. The molecule has 2 nitrogen and oxygen atoms in total. The highest BCUT2D eigenvalue weighted by Crippen LogP contribution is 2.33. The number of nitrogens with zero attached hydrogens (tertiary/aromatic N) is 1. The van der Waals surface area contributed by atoms with E-state index >= 15 is 0 Å². The van der Waals surface area contributed by atoms with Crippen LogP contribution in [0.15, 0.2) is 18.3 Å². The predicted molar refractivity (Wildman–Crippen MR) is 64.0 cm³/mol. The first kappa shape index (κ1) is 10.5.